The van der Waals surface area contributed by atoms with Gasteiger partial charge in [0.25, 0.3) is 0 Å². The van der Waals surface area contributed by atoms with E-state index < -0.39 is 9.84 Å². The molecule has 0 bridgehead atoms. The van der Waals surface area contributed by atoms with Gasteiger partial charge >= 0.3 is 0 Å². The molecular formula is C15H24N2O3S. The molecular weight excluding hydrogens is 288 g/mol. The molecule has 0 aliphatic carbocycles. The molecule has 1 aliphatic rings. The van der Waals surface area contributed by atoms with Gasteiger partial charge in [-0.2, -0.15) is 0 Å². The Kier molecular flexibility index (Phi) is 5.22. The minimum absolute atomic E-state index is 0.00971. The quantitative estimate of drug-likeness (QED) is 0.869. The first-order valence-corrected chi connectivity index (χ1v) is 9.29. The van der Waals surface area contributed by atoms with Crippen LogP contribution >= 0.6 is 0 Å². The molecule has 2 rings (SSSR count). The summed E-state index contributed by atoms with van der Waals surface area (Å²) in [7, 11) is -2.89. The zero-order chi connectivity index (χ0) is 15.5. The molecule has 21 heavy (non-hydrogen) atoms. The van der Waals surface area contributed by atoms with Gasteiger partial charge in [0.05, 0.1) is 23.8 Å². The number of hydrogen-bond acceptors (Lipinski definition) is 5. The van der Waals surface area contributed by atoms with E-state index in [2.05, 4.69) is 10.3 Å². The fraction of sp³-hybridized carbons (Fsp3) is 0.667. The number of ether oxygens (including phenoxy) is 1. The molecule has 0 saturated carbocycles. The molecule has 6 heteroatoms. The van der Waals surface area contributed by atoms with Crippen molar-refractivity contribution < 1.29 is 13.2 Å². The largest absolute Gasteiger partial charge is 0.489 e. The maximum atomic E-state index is 11.7. The van der Waals surface area contributed by atoms with Crippen LogP contribution in [0.3, 0.4) is 0 Å². The maximum absolute atomic E-state index is 11.7. The van der Waals surface area contributed by atoms with Crippen molar-refractivity contribution in [3.05, 3.63) is 24.0 Å². The average Bonchev–Trinajstić information content (AvgIpc) is 2.75. The fourth-order valence-electron chi connectivity index (χ4n) is 2.81. The summed E-state index contributed by atoms with van der Waals surface area (Å²) in [5, 5.41) is 3.40. The van der Waals surface area contributed by atoms with Gasteiger partial charge in [0, 0.05) is 12.2 Å². The van der Waals surface area contributed by atoms with E-state index in [1.54, 1.807) is 12.4 Å². The standard InChI is InChI=1S/C15H24N2O3S/c1-4-17-15(12-5-6-21(18,19)10-12)13-7-14(9-16-8-13)20-11(2)3/h7-9,11-12,15,17H,4-6,10H2,1-3H3. The highest BCUT2D eigenvalue weighted by atomic mass is 32.2. The van der Waals surface area contributed by atoms with Crippen LogP contribution in [0.2, 0.25) is 0 Å². The molecule has 0 radical (unpaired) electrons. The van der Waals surface area contributed by atoms with Crippen LogP contribution in [-0.2, 0) is 9.84 Å². The molecule has 1 aliphatic heterocycles. The second-order valence-corrected chi connectivity index (χ2v) is 8.05. The Morgan fingerprint density at radius 3 is 2.76 bits per heavy atom. The molecule has 118 valence electrons. The number of pyridine rings is 1. The molecule has 2 atom stereocenters. The summed E-state index contributed by atoms with van der Waals surface area (Å²) >= 11 is 0. The zero-order valence-electron chi connectivity index (χ0n) is 12.9. The van der Waals surface area contributed by atoms with Gasteiger partial charge in [0.2, 0.25) is 0 Å². The highest BCUT2D eigenvalue weighted by molar-refractivity contribution is 7.91. The molecule has 0 spiro atoms. The summed E-state index contributed by atoms with van der Waals surface area (Å²) in [6.45, 7) is 6.75. The molecule has 1 saturated heterocycles. The molecule has 1 aromatic heterocycles. The predicted octanol–water partition coefficient (Wildman–Crippen LogP) is 1.95. The summed E-state index contributed by atoms with van der Waals surface area (Å²) in [5.74, 6) is 1.37. The Morgan fingerprint density at radius 1 is 1.43 bits per heavy atom. The van der Waals surface area contributed by atoms with Crippen LogP contribution in [0.5, 0.6) is 5.75 Å². The Morgan fingerprint density at radius 2 is 2.19 bits per heavy atom. The number of rotatable bonds is 6. The van der Waals surface area contributed by atoms with E-state index in [0.717, 1.165) is 17.9 Å². The van der Waals surface area contributed by atoms with Crippen molar-refractivity contribution >= 4 is 9.84 Å². The second kappa shape index (κ2) is 6.75. The maximum Gasteiger partial charge on any atom is 0.150 e. The van der Waals surface area contributed by atoms with Gasteiger partial charge in [0.1, 0.15) is 5.75 Å². The van der Waals surface area contributed by atoms with E-state index in [1.807, 2.05) is 26.8 Å². The van der Waals surface area contributed by atoms with Crippen LogP contribution in [0.4, 0.5) is 0 Å². The summed E-state index contributed by atoms with van der Waals surface area (Å²) in [6, 6.07) is 1.97. The first-order chi connectivity index (χ1) is 9.91. The zero-order valence-corrected chi connectivity index (χ0v) is 13.7. The molecule has 2 unspecified atom stereocenters. The molecule has 0 amide bonds. The molecule has 0 aromatic carbocycles. The smallest absolute Gasteiger partial charge is 0.150 e. The fourth-order valence-corrected chi connectivity index (χ4v) is 4.65. The molecule has 1 N–H and O–H groups in total. The van der Waals surface area contributed by atoms with Gasteiger partial charge in [-0.1, -0.05) is 6.92 Å². The Hall–Kier alpha value is -1.14. The van der Waals surface area contributed by atoms with Crippen LogP contribution < -0.4 is 10.1 Å². The first kappa shape index (κ1) is 16.2. The highest BCUT2D eigenvalue weighted by Crippen LogP contribution is 2.32. The van der Waals surface area contributed by atoms with Crippen molar-refractivity contribution in [1.29, 1.82) is 0 Å². The summed E-state index contributed by atoms with van der Waals surface area (Å²) < 4.78 is 29.1. The van der Waals surface area contributed by atoms with E-state index in [0.29, 0.717) is 6.42 Å². The lowest BCUT2D eigenvalue weighted by Gasteiger charge is -2.24. The molecule has 1 fully saturated rings. The third-order valence-corrected chi connectivity index (χ3v) is 5.42. The van der Waals surface area contributed by atoms with Crippen LogP contribution in [0.25, 0.3) is 0 Å². The topological polar surface area (TPSA) is 68.3 Å². The van der Waals surface area contributed by atoms with E-state index in [9.17, 15) is 8.42 Å². The molecule has 2 heterocycles. The van der Waals surface area contributed by atoms with Crippen LogP contribution in [0.15, 0.2) is 18.5 Å². The van der Waals surface area contributed by atoms with Gasteiger partial charge in [-0.3, -0.25) is 4.98 Å². The van der Waals surface area contributed by atoms with E-state index in [1.165, 1.54) is 0 Å². The Bertz CT molecular complexity index is 572. The minimum atomic E-state index is -2.89. The van der Waals surface area contributed by atoms with Crippen molar-refractivity contribution in [2.75, 3.05) is 18.1 Å². The third kappa shape index (κ3) is 4.41. The van der Waals surface area contributed by atoms with Gasteiger partial charge < -0.3 is 10.1 Å². The average molecular weight is 312 g/mol. The van der Waals surface area contributed by atoms with Crippen molar-refractivity contribution in [3.8, 4) is 5.75 Å². The lowest BCUT2D eigenvalue weighted by atomic mass is 9.93. The summed E-state index contributed by atoms with van der Waals surface area (Å²) in [5.41, 5.74) is 0.997. The van der Waals surface area contributed by atoms with Crippen LogP contribution in [0.1, 0.15) is 38.8 Å². The summed E-state index contributed by atoms with van der Waals surface area (Å²) in [6.07, 6.45) is 4.28. The lowest BCUT2D eigenvalue weighted by molar-refractivity contribution is 0.240. The third-order valence-electron chi connectivity index (χ3n) is 3.63. The first-order valence-electron chi connectivity index (χ1n) is 7.46. The predicted molar refractivity (Wildman–Crippen MR) is 83.2 cm³/mol. The van der Waals surface area contributed by atoms with E-state index in [-0.39, 0.29) is 29.6 Å². The number of sulfone groups is 1. The number of aromatic nitrogens is 1. The minimum Gasteiger partial charge on any atom is -0.489 e. The van der Waals surface area contributed by atoms with Gasteiger partial charge in [-0.25, -0.2) is 8.42 Å². The Labute approximate surface area is 127 Å². The molecule has 1 aromatic rings. The van der Waals surface area contributed by atoms with E-state index >= 15 is 0 Å². The highest BCUT2D eigenvalue weighted by Gasteiger charge is 2.34. The van der Waals surface area contributed by atoms with Crippen molar-refractivity contribution in [3.63, 3.8) is 0 Å². The normalized spacial score (nSPS) is 22.4. The van der Waals surface area contributed by atoms with Crippen LogP contribution in [0, 0.1) is 5.92 Å². The van der Waals surface area contributed by atoms with E-state index in [4.69, 9.17) is 4.74 Å². The summed E-state index contributed by atoms with van der Waals surface area (Å²) in [4.78, 5) is 4.23. The SMILES string of the molecule is CCNC(c1cncc(OC(C)C)c1)C1CCS(=O)(=O)C1. The lowest BCUT2D eigenvalue weighted by Crippen LogP contribution is -2.29. The van der Waals surface area contributed by atoms with Gasteiger partial charge in [-0.05, 0) is 44.4 Å². The Balaban J connectivity index is 2.22. The second-order valence-electron chi connectivity index (χ2n) is 5.82. The van der Waals surface area contributed by atoms with Crippen LogP contribution in [-0.4, -0.2) is 37.6 Å². The van der Waals surface area contributed by atoms with Crippen molar-refractivity contribution in [2.45, 2.75) is 39.3 Å². The number of nitrogens with zero attached hydrogens (tertiary/aromatic N) is 1. The van der Waals surface area contributed by atoms with Gasteiger partial charge in [0.15, 0.2) is 9.84 Å². The number of hydrogen-bond donors (Lipinski definition) is 1. The van der Waals surface area contributed by atoms with Crippen molar-refractivity contribution in [1.82, 2.24) is 10.3 Å². The number of nitrogens with one attached hydrogen (secondary N) is 1. The van der Waals surface area contributed by atoms with Gasteiger partial charge in [-0.15, -0.1) is 0 Å². The van der Waals surface area contributed by atoms with Crippen molar-refractivity contribution in [2.24, 2.45) is 5.92 Å². The monoisotopic (exact) mass is 312 g/mol. The molecule has 5 nitrogen and oxygen atoms in total.